The highest BCUT2D eigenvalue weighted by atomic mass is 35.5. The molecule has 3 rings (SSSR count). The number of amides is 1. The van der Waals surface area contributed by atoms with Crippen LogP contribution in [0, 0.1) is 0 Å². The van der Waals surface area contributed by atoms with Crippen molar-refractivity contribution in [3.63, 3.8) is 0 Å². The normalized spacial score (nSPS) is 11.1. The summed E-state index contributed by atoms with van der Waals surface area (Å²) in [6.45, 7) is 3.79. The van der Waals surface area contributed by atoms with Crippen molar-refractivity contribution in [3.05, 3.63) is 29.3 Å². The van der Waals surface area contributed by atoms with Crippen molar-refractivity contribution in [2.24, 2.45) is 0 Å². The van der Waals surface area contributed by atoms with Gasteiger partial charge in [-0.15, -0.1) is 11.8 Å². The number of nitrogen functional groups attached to an aromatic ring is 1. The van der Waals surface area contributed by atoms with Gasteiger partial charge in [0.25, 0.3) is 5.89 Å². The SMILES string of the molecule is CSc1nn(CC(=O)NC(C)C)c(N)c1-c1nc(-c2ccc(Cl)cc2)no1. The number of carbonyl (C=O) groups excluding carboxylic acids is 1. The first-order valence-electron chi connectivity index (χ1n) is 8.18. The maximum absolute atomic E-state index is 12.0. The van der Waals surface area contributed by atoms with E-state index in [0.717, 1.165) is 5.56 Å². The summed E-state index contributed by atoms with van der Waals surface area (Å²) in [6.07, 6.45) is 1.86. The number of nitrogens with one attached hydrogen (secondary N) is 1. The lowest BCUT2D eigenvalue weighted by Crippen LogP contribution is -2.33. The summed E-state index contributed by atoms with van der Waals surface area (Å²) in [4.78, 5) is 16.5. The van der Waals surface area contributed by atoms with Crippen LogP contribution >= 0.6 is 23.4 Å². The molecule has 0 spiro atoms. The van der Waals surface area contributed by atoms with E-state index >= 15 is 0 Å². The number of hydrogen-bond donors (Lipinski definition) is 2. The lowest BCUT2D eigenvalue weighted by molar-refractivity contribution is -0.122. The van der Waals surface area contributed by atoms with E-state index in [4.69, 9.17) is 21.9 Å². The summed E-state index contributed by atoms with van der Waals surface area (Å²) in [5.74, 6) is 0.783. The van der Waals surface area contributed by atoms with Crippen LogP contribution in [0.1, 0.15) is 13.8 Å². The lowest BCUT2D eigenvalue weighted by atomic mass is 10.2. The maximum Gasteiger partial charge on any atom is 0.264 e. The van der Waals surface area contributed by atoms with E-state index in [9.17, 15) is 4.79 Å². The molecule has 0 atom stereocenters. The molecule has 0 aliphatic heterocycles. The highest BCUT2D eigenvalue weighted by Crippen LogP contribution is 2.34. The molecule has 0 aliphatic rings. The van der Waals surface area contributed by atoms with Crippen LogP contribution in [0.25, 0.3) is 22.8 Å². The van der Waals surface area contributed by atoms with Crippen LogP contribution in [-0.2, 0) is 11.3 Å². The highest BCUT2D eigenvalue weighted by Gasteiger charge is 2.23. The minimum atomic E-state index is -0.175. The lowest BCUT2D eigenvalue weighted by Gasteiger charge is -2.08. The van der Waals surface area contributed by atoms with Crippen molar-refractivity contribution in [2.45, 2.75) is 31.5 Å². The fourth-order valence-electron chi connectivity index (χ4n) is 2.46. The zero-order valence-electron chi connectivity index (χ0n) is 15.1. The molecule has 10 heteroatoms. The number of nitrogens with two attached hydrogens (primary N) is 1. The first-order valence-corrected chi connectivity index (χ1v) is 9.79. The summed E-state index contributed by atoms with van der Waals surface area (Å²) < 4.78 is 6.84. The summed E-state index contributed by atoms with van der Waals surface area (Å²) in [5, 5.41) is 12.4. The molecule has 8 nitrogen and oxygen atoms in total. The summed E-state index contributed by atoms with van der Waals surface area (Å²) >= 11 is 7.29. The van der Waals surface area contributed by atoms with Crippen molar-refractivity contribution in [2.75, 3.05) is 12.0 Å². The molecular weight excluding hydrogens is 388 g/mol. The van der Waals surface area contributed by atoms with Crippen molar-refractivity contribution >= 4 is 35.1 Å². The summed E-state index contributed by atoms with van der Waals surface area (Å²) in [5.41, 5.74) is 7.51. The fourth-order valence-corrected chi connectivity index (χ4v) is 3.16. The molecular formula is C17H19ClN6O2S. The van der Waals surface area contributed by atoms with E-state index < -0.39 is 0 Å². The van der Waals surface area contributed by atoms with E-state index in [-0.39, 0.29) is 24.4 Å². The molecule has 3 aromatic rings. The molecule has 0 saturated heterocycles. The van der Waals surface area contributed by atoms with Gasteiger partial charge in [-0.2, -0.15) is 10.1 Å². The zero-order chi connectivity index (χ0) is 19.6. The van der Waals surface area contributed by atoms with Gasteiger partial charge in [0.05, 0.1) is 0 Å². The van der Waals surface area contributed by atoms with E-state index in [1.54, 1.807) is 24.3 Å². The monoisotopic (exact) mass is 406 g/mol. The molecule has 0 saturated carbocycles. The van der Waals surface area contributed by atoms with Gasteiger partial charge < -0.3 is 15.6 Å². The fraction of sp³-hybridized carbons (Fsp3) is 0.294. The molecule has 2 aromatic heterocycles. The van der Waals surface area contributed by atoms with Crippen molar-refractivity contribution < 1.29 is 9.32 Å². The van der Waals surface area contributed by atoms with Gasteiger partial charge in [-0.05, 0) is 44.4 Å². The third-order valence-corrected chi connectivity index (χ3v) is 4.56. The van der Waals surface area contributed by atoms with Gasteiger partial charge in [0, 0.05) is 16.6 Å². The number of thioether (sulfide) groups is 1. The number of benzene rings is 1. The molecule has 0 fully saturated rings. The Kier molecular flexibility index (Phi) is 5.71. The van der Waals surface area contributed by atoms with Gasteiger partial charge in [0.2, 0.25) is 11.7 Å². The third kappa shape index (κ3) is 4.25. The van der Waals surface area contributed by atoms with Gasteiger partial charge in [-0.1, -0.05) is 16.8 Å². The Balaban J connectivity index is 1.92. The Morgan fingerprint density at radius 1 is 1.37 bits per heavy atom. The van der Waals surface area contributed by atoms with Crippen molar-refractivity contribution in [1.29, 1.82) is 0 Å². The van der Waals surface area contributed by atoms with Gasteiger partial charge in [-0.25, -0.2) is 4.68 Å². The molecule has 142 valence electrons. The zero-order valence-corrected chi connectivity index (χ0v) is 16.6. The van der Waals surface area contributed by atoms with Crippen LogP contribution < -0.4 is 11.1 Å². The molecule has 1 aromatic carbocycles. The Labute approximate surface area is 165 Å². The minimum Gasteiger partial charge on any atom is -0.383 e. The Morgan fingerprint density at radius 3 is 2.70 bits per heavy atom. The smallest absolute Gasteiger partial charge is 0.264 e. The average molecular weight is 407 g/mol. The number of nitrogens with zero attached hydrogens (tertiary/aromatic N) is 4. The third-order valence-electron chi connectivity index (χ3n) is 3.64. The number of carbonyl (C=O) groups is 1. The molecule has 0 unspecified atom stereocenters. The summed E-state index contributed by atoms with van der Waals surface area (Å²) in [6, 6.07) is 7.14. The van der Waals surface area contributed by atoms with Crippen LogP contribution in [-0.4, -0.2) is 38.1 Å². The van der Waals surface area contributed by atoms with Crippen molar-refractivity contribution in [1.82, 2.24) is 25.2 Å². The predicted molar refractivity (Wildman–Crippen MR) is 105 cm³/mol. The second kappa shape index (κ2) is 8.01. The number of hydrogen-bond acceptors (Lipinski definition) is 7. The number of rotatable bonds is 6. The molecule has 0 radical (unpaired) electrons. The van der Waals surface area contributed by atoms with E-state index in [2.05, 4.69) is 20.6 Å². The number of anilines is 1. The van der Waals surface area contributed by atoms with Crippen LogP contribution in [0.5, 0.6) is 0 Å². The number of halogens is 1. The molecule has 0 aliphatic carbocycles. The topological polar surface area (TPSA) is 112 Å². The maximum atomic E-state index is 12.0. The van der Waals surface area contributed by atoms with Crippen LogP contribution in [0.15, 0.2) is 33.8 Å². The molecule has 2 heterocycles. The van der Waals surface area contributed by atoms with E-state index in [1.165, 1.54) is 16.4 Å². The molecule has 0 bridgehead atoms. The average Bonchev–Trinajstić information content (AvgIpc) is 3.20. The molecule has 1 amide bonds. The van der Waals surface area contributed by atoms with E-state index in [0.29, 0.717) is 27.3 Å². The first kappa shape index (κ1) is 19.2. The largest absolute Gasteiger partial charge is 0.383 e. The minimum absolute atomic E-state index is 0.00967. The Bertz CT molecular complexity index is 951. The van der Waals surface area contributed by atoms with Crippen LogP contribution in [0.3, 0.4) is 0 Å². The van der Waals surface area contributed by atoms with Gasteiger partial charge >= 0.3 is 0 Å². The Morgan fingerprint density at radius 2 is 2.07 bits per heavy atom. The summed E-state index contributed by atoms with van der Waals surface area (Å²) in [7, 11) is 0. The van der Waals surface area contributed by atoms with Gasteiger partial charge in [-0.3, -0.25) is 4.79 Å². The second-order valence-corrected chi connectivity index (χ2v) is 7.31. The van der Waals surface area contributed by atoms with Gasteiger partial charge in [0.1, 0.15) is 23.0 Å². The first-order chi connectivity index (χ1) is 12.9. The van der Waals surface area contributed by atoms with E-state index in [1.807, 2.05) is 20.1 Å². The second-order valence-electron chi connectivity index (χ2n) is 6.08. The standard InChI is InChI=1S/C17H19ClN6O2S/c1-9(2)20-12(25)8-24-14(19)13(17(22-24)27-3)16-21-15(23-26-16)10-4-6-11(18)7-5-10/h4-7,9H,8,19H2,1-3H3,(H,20,25). The van der Waals surface area contributed by atoms with Crippen molar-refractivity contribution in [3.8, 4) is 22.8 Å². The quantitative estimate of drug-likeness (QED) is 0.605. The predicted octanol–water partition coefficient (Wildman–Crippen LogP) is 3.08. The van der Waals surface area contributed by atoms with Gasteiger partial charge in [0.15, 0.2) is 0 Å². The number of aromatic nitrogens is 4. The molecule has 27 heavy (non-hydrogen) atoms. The highest BCUT2D eigenvalue weighted by molar-refractivity contribution is 7.98. The molecule has 3 N–H and O–H groups in total. The van der Waals surface area contributed by atoms with Crippen LogP contribution in [0.4, 0.5) is 5.82 Å². The van der Waals surface area contributed by atoms with Crippen LogP contribution in [0.2, 0.25) is 5.02 Å². The Hall–Kier alpha value is -2.52.